The highest BCUT2D eigenvalue weighted by Gasteiger charge is 2.30. The lowest BCUT2D eigenvalue weighted by molar-refractivity contribution is -0.116. The summed E-state index contributed by atoms with van der Waals surface area (Å²) in [7, 11) is -3.91. The van der Waals surface area contributed by atoms with Crippen molar-refractivity contribution in [2.45, 2.75) is 46.1 Å². The summed E-state index contributed by atoms with van der Waals surface area (Å²) in [4.78, 5) is 13.2. The number of hydrogen-bond acceptors (Lipinski definition) is 3. The van der Waals surface area contributed by atoms with Gasteiger partial charge in [0.2, 0.25) is 15.9 Å². The molecule has 0 bridgehead atoms. The van der Waals surface area contributed by atoms with Gasteiger partial charge >= 0.3 is 0 Å². The number of anilines is 1. The van der Waals surface area contributed by atoms with Gasteiger partial charge in [0.1, 0.15) is 0 Å². The highest BCUT2D eigenvalue weighted by Crippen LogP contribution is 2.26. The number of aryl methyl sites for hydroxylation is 5. The quantitative estimate of drug-likeness (QED) is 0.547. The average molecular weight is 451 g/mol. The normalized spacial score (nSPS) is 11.6. The summed E-state index contributed by atoms with van der Waals surface area (Å²) in [6, 6.07) is 18.7. The van der Waals surface area contributed by atoms with E-state index in [4.69, 9.17) is 0 Å². The fourth-order valence-electron chi connectivity index (χ4n) is 3.90. The molecule has 0 aromatic heterocycles. The van der Waals surface area contributed by atoms with E-state index in [9.17, 15) is 13.2 Å². The van der Waals surface area contributed by atoms with E-state index in [1.807, 2.05) is 81.4 Å². The maximum atomic E-state index is 13.7. The van der Waals surface area contributed by atoms with E-state index in [1.54, 1.807) is 13.8 Å². The Labute approximate surface area is 191 Å². The first kappa shape index (κ1) is 23.7. The largest absolute Gasteiger partial charge is 0.325 e. The van der Waals surface area contributed by atoms with Crippen LogP contribution in [-0.4, -0.2) is 25.2 Å². The first-order valence-corrected chi connectivity index (χ1v) is 12.0. The van der Waals surface area contributed by atoms with Crippen LogP contribution >= 0.6 is 0 Å². The van der Waals surface area contributed by atoms with Crippen LogP contribution in [0.4, 0.5) is 5.69 Å². The van der Waals surface area contributed by atoms with Gasteiger partial charge in [0.15, 0.2) is 0 Å². The summed E-state index contributed by atoms with van der Waals surface area (Å²) in [6.45, 7) is 9.33. The number of nitrogens with zero attached hydrogens (tertiary/aromatic N) is 1. The molecule has 0 aliphatic rings. The number of carbonyl (C=O) groups is 1. The van der Waals surface area contributed by atoms with Gasteiger partial charge in [0, 0.05) is 12.2 Å². The average Bonchev–Trinajstić information content (AvgIpc) is 2.70. The molecule has 0 heterocycles. The Morgan fingerprint density at radius 2 is 1.44 bits per heavy atom. The van der Waals surface area contributed by atoms with Crippen molar-refractivity contribution in [3.63, 3.8) is 0 Å². The molecule has 0 saturated heterocycles. The summed E-state index contributed by atoms with van der Waals surface area (Å²) in [5.41, 5.74) is 6.01. The molecule has 0 aliphatic carbocycles. The molecular formula is C26H30N2O3S. The Bertz CT molecular complexity index is 1210. The van der Waals surface area contributed by atoms with Crippen molar-refractivity contribution in [1.29, 1.82) is 0 Å². The molecule has 168 valence electrons. The zero-order chi connectivity index (χ0) is 23.5. The Hall–Kier alpha value is -2.96. The van der Waals surface area contributed by atoms with Crippen molar-refractivity contribution in [2.24, 2.45) is 0 Å². The van der Waals surface area contributed by atoms with E-state index in [2.05, 4.69) is 5.32 Å². The highest BCUT2D eigenvalue weighted by molar-refractivity contribution is 7.89. The monoisotopic (exact) mass is 450 g/mol. The SMILES string of the molecule is Cc1cc(C)c(S(=O)(=O)N(CC(=O)Nc2ccc(C)c(C)c2)Cc2ccccc2)c(C)c1. The van der Waals surface area contributed by atoms with E-state index < -0.39 is 10.0 Å². The first-order chi connectivity index (χ1) is 15.1. The van der Waals surface area contributed by atoms with Crippen LogP contribution in [0, 0.1) is 34.6 Å². The van der Waals surface area contributed by atoms with Crippen molar-refractivity contribution >= 4 is 21.6 Å². The van der Waals surface area contributed by atoms with Gasteiger partial charge in [0.25, 0.3) is 0 Å². The maximum absolute atomic E-state index is 13.7. The Morgan fingerprint density at radius 1 is 0.812 bits per heavy atom. The molecule has 5 nitrogen and oxygen atoms in total. The summed E-state index contributed by atoms with van der Waals surface area (Å²) in [5.74, 6) is -0.379. The van der Waals surface area contributed by atoms with Crippen LogP contribution in [-0.2, 0) is 21.4 Å². The number of nitrogens with one attached hydrogen (secondary N) is 1. The topological polar surface area (TPSA) is 66.5 Å². The standard InChI is InChI=1S/C26H30N2O3S/c1-18-13-21(4)26(22(5)14-18)32(30,31)28(16-23-9-7-6-8-10-23)17-25(29)27-24-12-11-19(2)20(3)15-24/h6-15H,16-17H2,1-5H3,(H,27,29). The van der Waals surface area contributed by atoms with Gasteiger partial charge < -0.3 is 5.32 Å². The van der Waals surface area contributed by atoms with Gasteiger partial charge in [-0.1, -0.05) is 54.1 Å². The van der Waals surface area contributed by atoms with Crippen molar-refractivity contribution < 1.29 is 13.2 Å². The minimum atomic E-state index is -3.91. The molecule has 3 aromatic rings. The van der Waals surface area contributed by atoms with E-state index in [-0.39, 0.29) is 23.9 Å². The first-order valence-electron chi connectivity index (χ1n) is 10.6. The molecule has 0 unspecified atom stereocenters. The van der Waals surface area contributed by atoms with Crippen LogP contribution in [0.15, 0.2) is 65.6 Å². The van der Waals surface area contributed by atoms with E-state index in [0.29, 0.717) is 16.8 Å². The minimum Gasteiger partial charge on any atom is -0.325 e. The van der Waals surface area contributed by atoms with Crippen LogP contribution in [0.25, 0.3) is 0 Å². The lowest BCUT2D eigenvalue weighted by Crippen LogP contribution is -2.38. The summed E-state index contributed by atoms with van der Waals surface area (Å²) in [5, 5.41) is 2.84. The van der Waals surface area contributed by atoms with Crippen LogP contribution in [0.2, 0.25) is 0 Å². The number of carbonyl (C=O) groups excluding carboxylic acids is 1. The summed E-state index contributed by atoms with van der Waals surface area (Å²) >= 11 is 0. The van der Waals surface area contributed by atoms with Gasteiger partial charge in [-0.3, -0.25) is 4.79 Å². The second-order valence-electron chi connectivity index (χ2n) is 8.33. The molecule has 1 N–H and O–H groups in total. The van der Waals surface area contributed by atoms with Gasteiger partial charge in [-0.05, 0) is 74.6 Å². The van der Waals surface area contributed by atoms with Crippen molar-refractivity contribution in [1.82, 2.24) is 4.31 Å². The van der Waals surface area contributed by atoms with E-state index in [0.717, 1.165) is 22.3 Å². The third kappa shape index (κ3) is 5.44. The maximum Gasteiger partial charge on any atom is 0.244 e. The van der Waals surface area contributed by atoms with Crippen LogP contribution in [0.3, 0.4) is 0 Å². The fourth-order valence-corrected chi connectivity index (χ4v) is 5.69. The highest BCUT2D eigenvalue weighted by atomic mass is 32.2. The third-order valence-corrected chi connectivity index (χ3v) is 7.61. The molecule has 0 saturated carbocycles. The lowest BCUT2D eigenvalue weighted by atomic mass is 10.1. The Kier molecular flexibility index (Phi) is 7.16. The Morgan fingerprint density at radius 3 is 2.03 bits per heavy atom. The molecule has 1 amide bonds. The Balaban J connectivity index is 1.94. The molecule has 0 spiro atoms. The predicted molar refractivity (Wildman–Crippen MR) is 129 cm³/mol. The number of benzene rings is 3. The third-order valence-electron chi connectivity index (χ3n) is 5.51. The molecule has 3 rings (SSSR count). The number of sulfonamides is 1. The number of hydrogen-bond donors (Lipinski definition) is 1. The molecule has 32 heavy (non-hydrogen) atoms. The second-order valence-corrected chi connectivity index (χ2v) is 10.2. The molecular weight excluding hydrogens is 420 g/mol. The van der Waals surface area contributed by atoms with Crippen LogP contribution in [0.5, 0.6) is 0 Å². The zero-order valence-corrected chi connectivity index (χ0v) is 20.1. The van der Waals surface area contributed by atoms with Crippen molar-refractivity contribution in [3.05, 3.63) is 94.0 Å². The second kappa shape index (κ2) is 9.67. The minimum absolute atomic E-state index is 0.107. The number of amides is 1. The molecule has 0 atom stereocenters. The van der Waals surface area contributed by atoms with Gasteiger partial charge in [-0.15, -0.1) is 0 Å². The molecule has 0 fully saturated rings. The molecule has 0 radical (unpaired) electrons. The van der Waals surface area contributed by atoms with E-state index >= 15 is 0 Å². The zero-order valence-electron chi connectivity index (χ0n) is 19.3. The predicted octanol–water partition coefficient (Wildman–Crippen LogP) is 5.06. The molecule has 0 aliphatic heterocycles. The van der Waals surface area contributed by atoms with Gasteiger partial charge in [-0.2, -0.15) is 4.31 Å². The van der Waals surface area contributed by atoms with Gasteiger partial charge in [-0.25, -0.2) is 8.42 Å². The fraction of sp³-hybridized carbons (Fsp3) is 0.269. The van der Waals surface area contributed by atoms with E-state index in [1.165, 1.54) is 4.31 Å². The van der Waals surface area contributed by atoms with Crippen molar-refractivity contribution in [3.8, 4) is 0 Å². The number of rotatable bonds is 7. The van der Waals surface area contributed by atoms with Gasteiger partial charge in [0.05, 0.1) is 11.4 Å². The smallest absolute Gasteiger partial charge is 0.244 e. The lowest BCUT2D eigenvalue weighted by Gasteiger charge is -2.24. The summed E-state index contributed by atoms with van der Waals surface area (Å²) in [6.07, 6.45) is 0. The van der Waals surface area contributed by atoms with Crippen LogP contribution in [0.1, 0.15) is 33.4 Å². The molecule has 6 heteroatoms. The summed E-state index contributed by atoms with van der Waals surface area (Å²) < 4.78 is 28.7. The van der Waals surface area contributed by atoms with Crippen LogP contribution < -0.4 is 5.32 Å². The van der Waals surface area contributed by atoms with Crippen molar-refractivity contribution in [2.75, 3.05) is 11.9 Å². The molecule has 3 aromatic carbocycles.